The van der Waals surface area contributed by atoms with Gasteiger partial charge in [0.25, 0.3) is 0 Å². The Labute approximate surface area is 88.4 Å². The molecule has 4 nitrogen and oxygen atoms in total. The van der Waals surface area contributed by atoms with Crippen LogP contribution in [0.15, 0.2) is 18.2 Å². The SMILES string of the molecule is CCc1ccc(OCC(=O)O)c(OC)c1. The summed E-state index contributed by atoms with van der Waals surface area (Å²) in [5.41, 5.74) is 1.12. The Morgan fingerprint density at radius 3 is 2.67 bits per heavy atom. The van der Waals surface area contributed by atoms with E-state index in [0.717, 1.165) is 12.0 Å². The van der Waals surface area contributed by atoms with Gasteiger partial charge in [-0.05, 0) is 24.1 Å². The number of hydrogen-bond acceptors (Lipinski definition) is 3. The molecule has 4 heteroatoms. The Bertz CT molecular complexity index is 346. The molecule has 82 valence electrons. The third kappa shape index (κ3) is 3.16. The van der Waals surface area contributed by atoms with E-state index in [-0.39, 0.29) is 6.61 Å². The summed E-state index contributed by atoms with van der Waals surface area (Å²) in [7, 11) is 1.53. The minimum absolute atomic E-state index is 0.359. The highest BCUT2D eigenvalue weighted by Gasteiger charge is 2.06. The Kier molecular flexibility index (Phi) is 3.97. The molecule has 0 bridgehead atoms. The Hall–Kier alpha value is -1.71. The normalized spacial score (nSPS) is 9.73. The number of aryl methyl sites for hydroxylation is 1. The molecule has 0 aromatic heterocycles. The zero-order valence-corrected chi connectivity index (χ0v) is 8.82. The van der Waals surface area contributed by atoms with Crippen LogP contribution in [-0.2, 0) is 11.2 Å². The second-order valence-electron chi connectivity index (χ2n) is 3.02. The lowest BCUT2D eigenvalue weighted by molar-refractivity contribution is -0.139. The summed E-state index contributed by atoms with van der Waals surface area (Å²) in [6.07, 6.45) is 0.898. The molecule has 0 atom stereocenters. The summed E-state index contributed by atoms with van der Waals surface area (Å²) in [5, 5.41) is 8.47. The second kappa shape index (κ2) is 5.24. The molecule has 0 spiro atoms. The molecule has 1 aromatic carbocycles. The first kappa shape index (κ1) is 11.4. The molecule has 0 aliphatic carbocycles. The summed E-state index contributed by atoms with van der Waals surface area (Å²) in [5.74, 6) is 0.0179. The number of carboxylic acids is 1. The van der Waals surface area contributed by atoms with Crippen LogP contribution in [0, 0.1) is 0 Å². The van der Waals surface area contributed by atoms with Crippen LogP contribution in [0.1, 0.15) is 12.5 Å². The van der Waals surface area contributed by atoms with Crippen LogP contribution in [0.4, 0.5) is 0 Å². The number of methoxy groups -OCH3 is 1. The highest BCUT2D eigenvalue weighted by molar-refractivity contribution is 5.68. The van der Waals surface area contributed by atoms with Crippen LogP contribution in [0.2, 0.25) is 0 Å². The maximum absolute atomic E-state index is 10.3. The van der Waals surface area contributed by atoms with Crippen molar-refractivity contribution in [3.8, 4) is 11.5 Å². The number of rotatable bonds is 5. The highest BCUT2D eigenvalue weighted by atomic mass is 16.5. The van der Waals surface area contributed by atoms with Crippen LogP contribution in [0.5, 0.6) is 11.5 Å². The third-order valence-corrected chi connectivity index (χ3v) is 1.99. The van der Waals surface area contributed by atoms with Gasteiger partial charge in [0.15, 0.2) is 18.1 Å². The fraction of sp³-hybridized carbons (Fsp3) is 0.364. The van der Waals surface area contributed by atoms with Crippen molar-refractivity contribution < 1.29 is 19.4 Å². The van der Waals surface area contributed by atoms with Gasteiger partial charge in [0.2, 0.25) is 0 Å². The van der Waals surface area contributed by atoms with Crippen LogP contribution in [0.3, 0.4) is 0 Å². The highest BCUT2D eigenvalue weighted by Crippen LogP contribution is 2.28. The first-order chi connectivity index (χ1) is 7.17. The minimum atomic E-state index is -1.00. The number of carboxylic acid groups (broad SMARTS) is 1. The molecule has 0 saturated carbocycles. The standard InChI is InChI=1S/C11H14O4/c1-3-8-4-5-9(10(6-8)14-2)15-7-11(12)13/h4-6H,3,7H2,1-2H3,(H,12,13). The van der Waals surface area contributed by atoms with Gasteiger partial charge in [-0.1, -0.05) is 13.0 Å². The predicted octanol–water partition coefficient (Wildman–Crippen LogP) is 1.72. The van der Waals surface area contributed by atoms with Crippen molar-refractivity contribution in [1.82, 2.24) is 0 Å². The summed E-state index contributed by atoms with van der Waals surface area (Å²) >= 11 is 0. The predicted molar refractivity (Wildman–Crippen MR) is 55.5 cm³/mol. The molecule has 0 amide bonds. The first-order valence-electron chi connectivity index (χ1n) is 4.69. The van der Waals surface area contributed by atoms with Crippen molar-refractivity contribution in [2.45, 2.75) is 13.3 Å². The molecule has 1 aromatic rings. The summed E-state index contributed by atoms with van der Waals surface area (Å²) in [6, 6.07) is 5.46. The quantitative estimate of drug-likeness (QED) is 0.804. The second-order valence-corrected chi connectivity index (χ2v) is 3.02. The smallest absolute Gasteiger partial charge is 0.341 e. The van der Waals surface area contributed by atoms with E-state index in [1.54, 1.807) is 6.07 Å². The van der Waals surface area contributed by atoms with Gasteiger partial charge in [0, 0.05) is 0 Å². The van der Waals surface area contributed by atoms with Crippen molar-refractivity contribution in [3.05, 3.63) is 23.8 Å². The summed E-state index contributed by atoms with van der Waals surface area (Å²) < 4.78 is 10.2. The molecule has 0 unspecified atom stereocenters. The lowest BCUT2D eigenvalue weighted by atomic mass is 10.1. The van der Waals surface area contributed by atoms with Gasteiger partial charge in [0.05, 0.1) is 7.11 Å². The maximum Gasteiger partial charge on any atom is 0.341 e. The van der Waals surface area contributed by atoms with E-state index in [1.165, 1.54) is 7.11 Å². The number of aliphatic carboxylic acids is 1. The van der Waals surface area contributed by atoms with Gasteiger partial charge in [0.1, 0.15) is 0 Å². The van der Waals surface area contributed by atoms with Crippen LogP contribution < -0.4 is 9.47 Å². The molecular weight excluding hydrogens is 196 g/mol. The van der Waals surface area contributed by atoms with E-state index in [0.29, 0.717) is 11.5 Å². The van der Waals surface area contributed by atoms with Crippen LogP contribution >= 0.6 is 0 Å². The van der Waals surface area contributed by atoms with Gasteiger partial charge in [-0.2, -0.15) is 0 Å². The van der Waals surface area contributed by atoms with Gasteiger partial charge >= 0.3 is 5.97 Å². The molecule has 0 fully saturated rings. The molecule has 15 heavy (non-hydrogen) atoms. The maximum atomic E-state index is 10.3. The zero-order chi connectivity index (χ0) is 11.3. The van der Waals surface area contributed by atoms with Gasteiger partial charge in [-0.15, -0.1) is 0 Å². The van der Waals surface area contributed by atoms with E-state index in [1.807, 2.05) is 19.1 Å². The van der Waals surface area contributed by atoms with Crippen molar-refractivity contribution >= 4 is 5.97 Å². The Morgan fingerprint density at radius 1 is 1.40 bits per heavy atom. The summed E-state index contributed by atoms with van der Waals surface area (Å²) in [4.78, 5) is 10.3. The molecule has 0 saturated heterocycles. The third-order valence-electron chi connectivity index (χ3n) is 1.99. The van der Waals surface area contributed by atoms with Crippen molar-refractivity contribution in [2.75, 3.05) is 13.7 Å². The largest absolute Gasteiger partial charge is 0.493 e. The lowest BCUT2D eigenvalue weighted by Crippen LogP contribution is -2.10. The molecule has 1 N–H and O–H groups in total. The summed E-state index contributed by atoms with van der Waals surface area (Å²) in [6.45, 7) is 1.67. The van der Waals surface area contributed by atoms with Crippen molar-refractivity contribution in [3.63, 3.8) is 0 Å². The van der Waals surface area contributed by atoms with E-state index in [4.69, 9.17) is 14.6 Å². The van der Waals surface area contributed by atoms with Gasteiger partial charge < -0.3 is 14.6 Å². The van der Waals surface area contributed by atoms with Gasteiger partial charge in [-0.3, -0.25) is 0 Å². The number of ether oxygens (including phenoxy) is 2. The average Bonchev–Trinajstić information content (AvgIpc) is 2.25. The monoisotopic (exact) mass is 210 g/mol. The average molecular weight is 210 g/mol. The van der Waals surface area contributed by atoms with E-state index < -0.39 is 5.97 Å². The first-order valence-corrected chi connectivity index (χ1v) is 4.69. The van der Waals surface area contributed by atoms with E-state index >= 15 is 0 Å². The molecular formula is C11H14O4. The van der Waals surface area contributed by atoms with Gasteiger partial charge in [-0.25, -0.2) is 4.79 Å². The Morgan fingerprint density at radius 2 is 2.13 bits per heavy atom. The van der Waals surface area contributed by atoms with Crippen LogP contribution in [0.25, 0.3) is 0 Å². The van der Waals surface area contributed by atoms with E-state index in [9.17, 15) is 4.79 Å². The fourth-order valence-electron chi connectivity index (χ4n) is 1.19. The molecule has 0 radical (unpaired) electrons. The fourth-order valence-corrected chi connectivity index (χ4v) is 1.19. The molecule has 0 aliphatic heterocycles. The van der Waals surface area contributed by atoms with E-state index in [2.05, 4.69) is 0 Å². The van der Waals surface area contributed by atoms with Crippen molar-refractivity contribution in [2.24, 2.45) is 0 Å². The Balaban J connectivity index is 2.82. The molecule has 1 rings (SSSR count). The number of benzene rings is 1. The zero-order valence-electron chi connectivity index (χ0n) is 8.82. The van der Waals surface area contributed by atoms with Crippen molar-refractivity contribution in [1.29, 1.82) is 0 Å². The number of carbonyl (C=O) groups is 1. The molecule has 0 heterocycles. The minimum Gasteiger partial charge on any atom is -0.493 e. The van der Waals surface area contributed by atoms with Crippen LogP contribution in [-0.4, -0.2) is 24.8 Å². The lowest BCUT2D eigenvalue weighted by Gasteiger charge is -2.10. The topological polar surface area (TPSA) is 55.8 Å². The molecule has 0 aliphatic rings. The number of hydrogen-bond donors (Lipinski definition) is 1.